The normalized spacial score (nSPS) is 12.8. The van der Waals surface area contributed by atoms with Crippen LogP contribution in [0.4, 0.5) is 5.82 Å². The molecule has 2 rings (SSSR count). The lowest BCUT2D eigenvalue weighted by Gasteiger charge is -2.35. The quantitative estimate of drug-likeness (QED) is 0.630. The van der Waals surface area contributed by atoms with Crippen molar-refractivity contribution in [3.63, 3.8) is 0 Å². The number of nitrogens with zero attached hydrogens (tertiary/aromatic N) is 4. The average molecular weight is 311 g/mol. The lowest BCUT2D eigenvalue weighted by Crippen LogP contribution is -2.38. The summed E-state index contributed by atoms with van der Waals surface area (Å²) in [7, 11) is 9.98. The van der Waals surface area contributed by atoms with Crippen LogP contribution in [0.25, 0.3) is 10.9 Å². The molecule has 0 unspecified atom stereocenters. The van der Waals surface area contributed by atoms with E-state index in [1.807, 2.05) is 66.6 Å². The topological polar surface area (TPSA) is 59.7 Å². The van der Waals surface area contributed by atoms with Crippen LogP contribution in [0, 0.1) is 0 Å². The molecule has 0 amide bonds. The predicted octanol–water partition coefficient (Wildman–Crippen LogP) is 2.27. The first-order valence-corrected chi connectivity index (χ1v) is 8.26. The summed E-state index contributed by atoms with van der Waals surface area (Å²) in [5.74, 6) is 0.695. The van der Waals surface area contributed by atoms with E-state index in [1.54, 1.807) is 0 Å². The average Bonchev–Trinajstić information content (AvgIpc) is 2.82. The first kappa shape index (κ1) is 16.1. The lowest BCUT2D eigenvalue weighted by atomic mass is 10.2. The number of aromatic amines is 1. The molecule has 0 atom stereocenters. The molecule has 0 aliphatic carbocycles. The Kier molecular flexibility index (Phi) is 4.81. The number of aromatic nitrogens is 2. The van der Waals surface area contributed by atoms with Gasteiger partial charge in [0.1, 0.15) is 0 Å². The number of benzene rings is 1. The summed E-state index contributed by atoms with van der Waals surface area (Å²) in [5, 5.41) is 8.27. The lowest BCUT2D eigenvalue weighted by molar-refractivity contribution is 0.285. The Balaban J connectivity index is 2.26. The van der Waals surface area contributed by atoms with E-state index in [0.717, 1.165) is 10.9 Å². The minimum atomic E-state index is -2.10. The van der Waals surface area contributed by atoms with Crippen LogP contribution in [0.15, 0.2) is 24.3 Å². The number of hydrogen-bond donors (Lipinski definition) is 2. The van der Waals surface area contributed by atoms with Crippen LogP contribution < -0.4 is 5.48 Å². The van der Waals surface area contributed by atoms with Crippen LogP contribution in [-0.4, -0.2) is 66.5 Å². The van der Waals surface area contributed by atoms with Gasteiger partial charge in [-0.3, -0.25) is 5.10 Å². The highest BCUT2D eigenvalue weighted by Crippen LogP contribution is 2.64. The van der Waals surface area contributed by atoms with Gasteiger partial charge in [0, 0.05) is 47.7 Å². The molecule has 2 N–H and O–H groups in total. The van der Waals surface area contributed by atoms with Crippen molar-refractivity contribution in [1.29, 1.82) is 0 Å². The predicted molar refractivity (Wildman–Crippen MR) is 88.8 cm³/mol. The molecule has 7 nitrogen and oxygen atoms in total. The van der Waals surface area contributed by atoms with Crippen molar-refractivity contribution in [2.45, 2.75) is 0 Å². The molecule has 0 saturated carbocycles. The summed E-state index contributed by atoms with van der Waals surface area (Å²) in [5.41, 5.74) is 4.01. The second kappa shape index (κ2) is 6.25. The van der Waals surface area contributed by atoms with Gasteiger partial charge in [-0.15, -0.1) is 14.0 Å². The van der Waals surface area contributed by atoms with Gasteiger partial charge in [-0.25, -0.2) is 5.48 Å². The number of fused-ring (bicyclic) bond motifs is 1. The summed E-state index contributed by atoms with van der Waals surface area (Å²) in [6.07, 6.45) is 0. The van der Waals surface area contributed by atoms with Crippen LogP contribution in [-0.2, 0) is 4.62 Å². The minimum Gasteiger partial charge on any atom is -0.276 e. The van der Waals surface area contributed by atoms with Gasteiger partial charge in [0.25, 0.3) is 0 Å². The van der Waals surface area contributed by atoms with Crippen LogP contribution >= 0.6 is 7.94 Å². The molecule has 1 heterocycles. The summed E-state index contributed by atoms with van der Waals surface area (Å²) in [6.45, 7) is 0. The second-order valence-electron chi connectivity index (χ2n) is 5.37. The third-order valence-corrected chi connectivity index (χ3v) is 6.76. The number of nitrogens with one attached hydrogen (secondary N) is 2. The summed E-state index contributed by atoms with van der Waals surface area (Å²) in [6, 6.07) is 7.95. The number of hydrogen-bond acceptors (Lipinski definition) is 6. The SMILES string of the molecule is CN(C)[P+](ONc1n[nH]c2ccccc12)(N(C)C)N(C)C. The summed E-state index contributed by atoms with van der Waals surface area (Å²) in [4.78, 5) is 0. The molecule has 0 aliphatic heterocycles. The van der Waals surface area contributed by atoms with Crippen molar-refractivity contribution in [1.82, 2.24) is 24.2 Å². The molecule has 0 spiro atoms. The van der Waals surface area contributed by atoms with Crippen LogP contribution in [0.3, 0.4) is 0 Å². The molecule has 8 heteroatoms. The zero-order valence-electron chi connectivity index (χ0n) is 13.5. The van der Waals surface area contributed by atoms with Crippen LogP contribution in [0.5, 0.6) is 0 Å². The Hall–Kier alpha value is -1.24. The van der Waals surface area contributed by atoms with Gasteiger partial charge in [0.15, 0.2) is 5.82 Å². The standard InChI is InChI=1S/C13H24N6OP/c1-17(2)21(18(3)4,19(5)6)20-16-13-11-9-7-8-10-12(11)14-15-13/h7-10H,1-6H3,(H2,14,15,16)/q+1. The van der Waals surface area contributed by atoms with Crippen LogP contribution in [0.1, 0.15) is 0 Å². The maximum Gasteiger partial charge on any atom is 0.401 e. The van der Waals surface area contributed by atoms with Gasteiger partial charge >= 0.3 is 7.94 Å². The van der Waals surface area contributed by atoms with E-state index in [2.05, 4.69) is 29.7 Å². The Morgan fingerprint density at radius 3 is 2.14 bits per heavy atom. The van der Waals surface area contributed by atoms with Gasteiger partial charge in [0.2, 0.25) is 0 Å². The zero-order valence-corrected chi connectivity index (χ0v) is 14.3. The third-order valence-electron chi connectivity index (χ3n) is 3.30. The molecule has 0 aliphatic rings. The van der Waals surface area contributed by atoms with Crippen molar-refractivity contribution in [3.8, 4) is 0 Å². The number of para-hydroxylation sites is 1. The van der Waals surface area contributed by atoms with E-state index < -0.39 is 7.94 Å². The maximum atomic E-state index is 6.12. The number of H-pyrrole nitrogens is 1. The molecule has 0 saturated heterocycles. The molecule has 2 aromatic rings. The molecule has 1 aromatic heterocycles. The third kappa shape index (κ3) is 2.88. The van der Waals surface area contributed by atoms with E-state index in [4.69, 9.17) is 4.62 Å². The highest BCUT2D eigenvalue weighted by Gasteiger charge is 2.52. The Morgan fingerprint density at radius 2 is 1.57 bits per heavy atom. The summed E-state index contributed by atoms with van der Waals surface area (Å²) < 4.78 is 12.4. The van der Waals surface area contributed by atoms with Crippen LogP contribution in [0.2, 0.25) is 0 Å². The molecule has 1 aromatic carbocycles. The van der Waals surface area contributed by atoms with Gasteiger partial charge in [-0.05, 0) is 12.1 Å². The largest absolute Gasteiger partial charge is 0.401 e. The van der Waals surface area contributed by atoms with Gasteiger partial charge < -0.3 is 0 Å². The smallest absolute Gasteiger partial charge is 0.276 e. The number of anilines is 1. The van der Waals surface area contributed by atoms with E-state index in [-0.39, 0.29) is 0 Å². The Bertz CT molecular complexity index is 575. The highest BCUT2D eigenvalue weighted by molar-refractivity contribution is 7.64. The molecule has 0 radical (unpaired) electrons. The van der Waals surface area contributed by atoms with E-state index >= 15 is 0 Å². The zero-order chi connectivity index (χ0) is 15.6. The van der Waals surface area contributed by atoms with Crippen molar-refractivity contribution >= 4 is 24.7 Å². The minimum absolute atomic E-state index is 0.695. The first-order valence-electron chi connectivity index (χ1n) is 6.69. The molecule has 0 fully saturated rings. The highest BCUT2D eigenvalue weighted by atomic mass is 31.2. The first-order chi connectivity index (χ1) is 9.89. The van der Waals surface area contributed by atoms with E-state index in [9.17, 15) is 0 Å². The van der Waals surface area contributed by atoms with Gasteiger partial charge in [0.05, 0.1) is 5.52 Å². The molecule has 21 heavy (non-hydrogen) atoms. The van der Waals surface area contributed by atoms with Crippen molar-refractivity contribution < 1.29 is 4.62 Å². The Labute approximate surface area is 126 Å². The second-order valence-corrected chi connectivity index (χ2v) is 8.98. The molecule has 116 valence electrons. The van der Waals surface area contributed by atoms with Crippen molar-refractivity contribution in [2.75, 3.05) is 47.8 Å². The van der Waals surface area contributed by atoms with Gasteiger partial charge in [-0.1, -0.05) is 16.8 Å². The molecule has 0 bridgehead atoms. The van der Waals surface area contributed by atoms with Crippen molar-refractivity contribution in [3.05, 3.63) is 24.3 Å². The monoisotopic (exact) mass is 311 g/mol. The van der Waals surface area contributed by atoms with Gasteiger partial charge in [-0.2, -0.15) is 5.10 Å². The maximum absolute atomic E-state index is 6.12. The van der Waals surface area contributed by atoms with Crippen molar-refractivity contribution in [2.24, 2.45) is 0 Å². The Morgan fingerprint density at radius 1 is 1.00 bits per heavy atom. The fourth-order valence-electron chi connectivity index (χ4n) is 2.46. The molecular weight excluding hydrogens is 287 g/mol. The van der Waals surface area contributed by atoms with E-state index in [0.29, 0.717) is 5.82 Å². The fourth-order valence-corrected chi connectivity index (χ4v) is 5.31. The van der Waals surface area contributed by atoms with E-state index in [1.165, 1.54) is 0 Å². The fraction of sp³-hybridized carbons (Fsp3) is 0.462. The number of rotatable bonds is 6. The summed E-state index contributed by atoms with van der Waals surface area (Å²) >= 11 is 0. The molecular formula is C13H24N6OP+.